The van der Waals surface area contributed by atoms with E-state index >= 15 is 0 Å². The van der Waals surface area contributed by atoms with E-state index in [9.17, 15) is 27.6 Å². The van der Waals surface area contributed by atoms with E-state index in [1.54, 1.807) is 55.5 Å². The SMILES string of the molecule is COC(=O)[C@@H]1CC(Oc2cccc(C3NC(=O)c4cc(S(N)(=O)=O)c(Cl)cc4N3)c2)CN1C(=O)C(C)CSC(=O)c1ccccc1. The Morgan fingerprint density at radius 3 is 2.52 bits per heavy atom. The molecule has 1 saturated heterocycles. The van der Waals surface area contributed by atoms with Crippen LogP contribution in [0.5, 0.6) is 5.75 Å². The number of thioether (sulfide) groups is 1. The van der Waals surface area contributed by atoms with Crippen LogP contribution in [0.2, 0.25) is 5.02 Å². The number of anilines is 1. The molecule has 0 bridgehead atoms. The van der Waals surface area contributed by atoms with E-state index in [-0.39, 0.29) is 45.2 Å². The molecule has 3 aromatic carbocycles. The number of primary sulfonamides is 1. The maximum absolute atomic E-state index is 13.5. The van der Waals surface area contributed by atoms with E-state index < -0.39 is 46.1 Å². The summed E-state index contributed by atoms with van der Waals surface area (Å²) in [6, 6.07) is 17.3. The van der Waals surface area contributed by atoms with Crippen LogP contribution in [0.25, 0.3) is 0 Å². The fraction of sp³-hybridized carbons (Fsp3) is 0.290. The molecule has 0 spiro atoms. The van der Waals surface area contributed by atoms with Crippen molar-refractivity contribution in [3.8, 4) is 5.75 Å². The number of amides is 2. The Morgan fingerprint density at radius 2 is 1.83 bits per heavy atom. The second-order valence-electron chi connectivity index (χ2n) is 10.9. The number of benzene rings is 3. The third-order valence-electron chi connectivity index (χ3n) is 7.61. The molecule has 242 valence electrons. The first-order valence-corrected chi connectivity index (χ1v) is 17.1. The van der Waals surface area contributed by atoms with Gasteiger partial charge in [-0.1, -0.05) is 72.8 Å². The summed E-state index contributed by atoms with van der Waals surface area (Å²) in [6.07, 6.45) is -1.05. The van der Waals surface area contributed by atoms with E-state index in [1.165, 1.54) is 18.1 Å². The van der Waals surface area contributed by atoms with Crippen LogP contribution >= 0.6 is 23.4 Å². The van der Waals surface area contributed by atoms with Gasteiger partial charge in [0.2, 0.25) is 21.0 Å². The Kier molecular flexibility index (Phi) is 9.91. The highest BCUT2D eigenvalue weighted by atomic mass is 35.5. The molecule has 0 radical (unpaired) electrons. The molecular formula is C31H31ClN4O8S2. The van der Waals surface area contributed by atoms with Crippen LogP contribution in [0, 0.1) is 5.92 Å². The monoisotopic (exact) mass is 686 g/mol. The fourth-order valence-electron chi connectivity index (χ4n) is 5.30. The number of hydrogen-bond acceptors (Lipinski definition) is 10. The molecule has 15 heteroatoms. The minimum Gasteiger partial charge on any atom is -0.488 e. The highest BCUT2D eigenvalue weighted by molar-refractivity contribution is 8.14. The van der Waals surface area contributed by atoms with Crippen molar-refractivity contribution in [2.75, 3.05) is 24.7 Å². The van der Waals surface area contributed by atoms with Crippen LogP contribution in [-0.4, -0.2) is 67.8 Å². The van der Waals surface area contributed by atoms with E-state index in [0.717, 1.165) is 17.8 Å². The van der Waals surface area contributed by atoms with Gasteiger partial charge in [-0.15, -0.1) is 0 Å². The molecule has 4 atom stereocenters. The van der Waals surface area contributed by atoms with Gasteiger partial charge in [-0.05, 0) is 29.8 Å². The molecule has 2 amide bonds. The Labute approximate surface area is 275 Å². The van der Waals surface area contributed by atoms with E-state index in [0.29, 0.717) is 22.6 Å². The summed E-state index contributed by atoms with van der Waals surface area (Å²) < 4.78 is 34.9. The zero-order valence-corrected chi connectivity index (χ0v) is 27.2. The Balaban J connectivity index is 1.26. The number of esters is 1. The molecule has 2 aliphatic rings. The quantitative estimate of drug-likeness (QED) is 0.282. The van der Waals surface area contributed by atoms with Crippen molar-refractivity contribution in [2.24, 2.45) is 11.1 Å². The molecule has 12 nitrogen and oxygen atoms in total. The molecule has 2 aliphatic heterocycles. The largest absolute Gasteiger partial charge is 0.488 e. The normalized spacial score (nSPS) is 19.8. The number of halogens is 1. The molecule has 3 unspecified atom stereocenters. The first-order valence-electron chi connectivity index (χ1n) is 14.2. The van der Waals surface area contributed by atoms with Gasteiger partial charge in [0.1, 0.15) is 29.0 Å². The van der Waals surface area contributed by atoms with E-state index in [4.69, 9.17) is 26.2 Å². The van der Waals surface area contributed by atoms with Gasteiger partial charge in [-0.25, -0.2) is 18.4 Å². The van der Waals surface area contributed by atoms with Crippen molar-refractivity contribution in [1.29, 1.82) is 0 Å². The summed E-state index contributed by atoms with van der Waals surface area (Å²) in [5.74, 6) is -1.27. The Hall–Kier alpha value is -4.11. The number of rotatable bonds is 9. The summed E-state index contributed by atoms with van der Waals surface area (Å²) in [6.45, 7) is 1.84. The van der Waals surface area contributed by atoms with Crippen molar-refractivity contribution < 1.29 is 37.1 Å². The number of hydrogen-bond donors (Lipinski definition) is 3. The van der Waals surface area contributed by atoms with Gasteiger partial charge < -0.3 is 25.0 Å². The van der Waals surface area contributed by atoms with Crippen LogP contribution in [-0.2, 0) is 24.3 Å². The second-order valence-corrected chi connectivity index (χ2v) is 13.8. The van der Waals surface area contributed by atoms with Crippen molar-refractivity contribution in [2.45, 2.75) is 36.6 Å². The van der Waals surface area contributed by atoms with Crippen LogP contribution in [0.3, 0.4) is 0 Å². The second kappa shape index (κ2) is 13.7. The third-order valence-corrected chi connectivity index (χ3v) is 10.1. The summed E-state index contributed by atoms with van der Waals surface area (Å²) in [7, 11) is -2.88. The minimum absolute atomic E-state index is 0.0682. The van der Waals surface area contributed by atoms with E-state index in [2.05, 4.69) is 10.6 Å². The zero-order valence-electron chi connectivity index (χ0n) is 24.8. The average Bonchev–Trinajstić information content (AvgIpc) is 3.45. The van der Waals surface area contributed by atoms with Crippen LogP contribution in [0.4, 0.5) is 5.69 Å². The lowest BCUT2D eigenvalue weighted by molar-refractivity contribution is -0.151. The van der Waals surface area contributed by atoms with Gasteiger partial charge in [0.25, 0.3) is 5.91 Å². The van der Waals surface area contributed by atoms with Gasteiger partial charge in [0, 0.05) is 23.7 Å². The van der Waals surface area contributed by atoms with Crippen LogP contribution in [0.1, 0.15) is 45.8 Å². The van der Waals surface area contributed by atoms with Gasteiger partial charge in [-0.2, -0.15) is 0 Å². The number of likely N-dealkylation sites (tertiary alicyclic amines) is 1. The molecule has 0 saturated carbocycles. The number of nitrogens with one attached hydrogen (secondary N) is 2. The molecule has 5 rings (SSSR count). The molecule has 3 aromatic rings. The Morgan fingerprint density at radius 1 is 1.09 bits per heavy atom. The molecule has 0 aliphatic carbocycles. The smallest absolute Gasteiger partial charge is 0.328 e. The van der Waals surface area contributed by atoms with Crippen LogP contribution < -0.4 is 20.5 Å². The number of ether oxygens (including phenoxy) is 2. The molecule has 4 N–H and O–H groups in total. The fourth-order valence-corrected chi connectivity index (χ4v) is 7.25. The molecule has 2 heterocycles. The molecule has 46 heavy (non-hydrogen) atoms. The number of nitrogens with zero attached hydrogens (tertiary/aromatic N) is 1. The lowest BCUT2D eigenvalue weighted by Gasteiger charge is -2.29. The lowest BCUT2D eigenvalue weighted by Crippen LogP contribution is -2.44. The molecule has 0 aromatic heterocycles. The predicted octanol–water partition coefficient (Wildman–Crippen LogP) is 3.57. The van der Waals surface area contributed by atoms with Gasteiger partial charge in [-0.3, -0.25) is 14.4 Å². The topological polar surface area (TPSA) is 174 Å². The number of methoxy groups -OCH3 is 1. The summed E-state index contributed by atoms with van der Waals surface area (Å²) in [5.41, 5.74) is 1.55. The number of fused-ring (bicyclic) bond motifs is 1. The zero-order chi connectivity index (χ0) is 33.2. The Bertz CT molecular complexity index is 1790. The van der Waals surface area contributed by atoms with Crippen molar-refractivity contribution >= 4 is 62.0 Å². The minimum atomic E-state index is -4.14. The van der Waals surface area contributed by atoms with Crippen molar-refractivity contribution in [1.82, 2.24) is 10.2 Å². The summed E-state index contributed by atoms with van der Waals surface area (Å²) >= 11 is 7.18. The van der Waals surface area contributed by atoms with Crippen molar-refractivity contribution in [3.05, 3.63) is 88.4 Å². The number of carbonyl (C=O) groups excluding carboxylic acids is 4. The molecule has 1 fully saturated rings. The van der Waals surface area contributed by atoms with Crippen molar-refractivity contribution in [3.63, 3.8) is 0 Å². The van der Waals surface area contributed by atoms with E-state index in [1.807, 2.05) is 6.07 Å². The highest BCUT2D eigenvalue weighted by Crippen LogP contribution is 2.34. The summed E-state index contributed by atoms with van der Waals surface area (Å²) in [4.78, 5) is 52.6. The van der Waals surface area contributed by atoms with Crippen LogP contribution in [0.15, 0.2) is 71.6 Å². The maximum Gasteiger partial charge on any atom is 0.328 e. The number of sulfonamides is 1. The lowest BCUT2D eigenvalue weighted by atomic mass is 10.1. The number of carbonyl (C=O) groups is 4. The first-order chi connectivity index (χ1) is 21.8. The summed E-state index contributed by atoms with van der Waals surface area (Å²) in [5, 5.41) is 10.9. The number of nitrogens with two attached hydrogens (primary N) is 1. The maximum atomic E-state index is 13.5. The highest BCUT2D eigenvalue weighted by Gasteiger charge is 2.42. The van der Waals surface area contributed by atoms with Gasteiger partial charge in [0.05, 0.1) is 29.9 Å². The predicted molar refractivity (Wildman–Crippen MR) is 172 cm³/mol. The van der Waals surface area contributed by atoms with Gasteiger partial charge >= 0.3 is 5.97 Å². The third kappa shape index (κ3) is 7.30. The standard InChI is InChI=1S/C31H31ClN4O8S2/c1-17(16-45-31(40)18-7-4-3-5-8-18)29(38)36-15-21(12-25(36)30(39)43-2)44-20-10-6-9-19(11-20)27-34-24-14-23(32)26(46(33,41)42)13-22(24)28(37)35-27/h3-11,13-14,17,21,25,27,34H,12,15-16H2,1-2H3,(H,35,37)(H2,33,41,42)/t17?,21?,25-,27?/m0/s1. The van der Waals surface area contributed by atoms with Gasteiger partial charge in [0.15, 0.2) is 0 Å². The molecular weight excluding hydrogens is 656 g/mol. The average molecular weight is 687 g/mol. The first kappa shape index (κ1) is 33.3.